The van der Waals surface area contributed by atoms with Gasteiger partial charge in [-0.2, -0.15) is 0 Å². The van der Waals surface area contributed by atoms with E-state index in [1.807, 2.05) is 0 Å². The molecule has 0 radical (unpaired) electrons. The number of fused-ring (bicyclic) bond motifs is 1. The molecule has 0 aliphatic carbocycles. The maximum Gasteiger partial charge on any atom is 0.274 e. The van der Waals surface area contributed by atoms with Gasteiger partial charge in [0, 0.05) is 13.1 Å². The van der Waals surface area contributed by atoms with Crippen LogP contribution < -0.4 is 4.74 Å². The van der Waals surface area contributed by atoms with Gasteiger partial charge in [-0.3, -0.25) is 0 Å². The molecule has 28 heavy (non-hydrogen) atoms. The third kappa shape index (κ3) is 4.31. The van der Waals surface area contributed by atoms with Crippen molar-refractivity contribution in [1.82, 2.24) is 9.29 Å². The zero-order valence-corrected chi connectivity index (χ0v) is 16.5. The lowest BCUT2D eigenvalue weighted by Crippen LogP contribution is -2.42. The van der Waals surface area contributed by atoms with Crippen molar-refractivity contribution in [3.05, 3.63) is 59.7 Å². The Labute approximate surface area is 165 Å². The number of nitrogens with zero attached hydrogens (tertiary/aromatic N) is 2. The maximum absolute atomic E-state index is 13.3. The normalized spacial score (nSPS) is 16.5. The van der Waals surface area contributed by atoms with Gasteiger partial charge < -0.3 is 4.74 Å². The van der Waals surface area contributed by atoms with Crippen molar-refractivity contribution in [1.29, 1.82) is 0 Å². The summed E-state index contributed by atoms with van der Waals surface area (Å²) >= 11 is 1.28. The monoisotopic (exact) mass is 424 g/mol. The summed E-state index contributed by atoms with van der Waals surface area (Å²) in [6.07, 6.45) is 0.961. The van der Waals surface area contributed by atoms with Crippen molar-refractivity contribution in [2.24, 2.45) is 0 Å². The number of benzene rings is 2. The molecule has 2 heterocycles. The van der Waals surface area contributed by atoms with Gasteiger partial charge in [-0.25, -0.2) is 26.5 Å². The number of hydrogen-bond donors (Lipinski definition) is 0. The predicted octanol–water partition coefficient (Wildman–Crippen LogP) is 3.95. The second-order valence-corrected chi connectivity index (χ2v) is 9.65. The van der Waals surface area contributed by atoms with Crippen LogP contribution in [0.5, 0.6) is 5.19 Å². The first kappa shape index (κ1) is 19.2. The molecule has 2 aromatic carbocycles. The molecule has 0 unspecified atom stereocenters. The second kappa shape index (κ2) is 7.73. The Hall–Kier alpha value is -2.10. The van der Waals surface area contributed by atoms with Crippen LogP contribution in [-0.2, 0) is 15.8 Å². The molecule has 1 aliphatic rings. The molecule has 0 atom stereocenters. The van der Waals surface area contributed by atoms with Gasteiger partial charge in [0.25, 0.3) is 5.19 Å². The molecule has 1 aliphatic heterocycles. The topological polar surface area (TPSA) is 59.5 Å². The highest BCUT2D eigenvalue weighted by Gasteiger charge is 2.29. The molecular weight excluding hydrogens is 406 g/mol. The van der Waals surface area contributed by atoms with Gasteiger partial charge in [0.1, 0.15) is 17.7 Å². The summed E-state index contributed by atoms with van der Waals surface area (Å²) in [5.74, 6) is -0.860. The largest absolute Gasteiger partial charge is 0.467 e. The van der Waals surface area contributed by atoms with Gasteiger partial charge in [-0.1, -0.05) is 23.5 Å². The van der Waals surface area contributed by atoms with E-state index in [9.17, 15) is 17.2 Å². The Bertz CT molecular complexity index is 1080. The fourth-order valence-electron chi connectivity index (χ4n) is 3.18. The van der Waals surface area contributed by atoms with E-state index in [1.54, 1.807) is 6.07 Å². The maximum atomic E-state index is 13.3. The van der Waals surface area contributed by atoms with E-state index in [-0.39, 0.29) is 17.7 Å². The molecule has 0 amide bonds. The quantitative estimate of drug-likeness (QED) is 0.622. The number of thiazole rings is 1. The minimum absolute atomic E-state index is 0.136. The van der Waals surface area contributed by atoms with Crippen molar-refractivity contribution in [3.63, 3.8) is 0 Å². The molecule has 1 saturated heterocycles. The second-order valence-electron chi connectivity index (χ2n) is 6.69. The molecule has 0 N–H and O–H groups in total. The first-order chi connectivity index (χ1) is 13.4. The van der Waals surface area contributed by atoms with Crippen molar-refractivity contribution in [2.75, 3.05) is 13.1 Å². The third-order valence-corrected chi connectivity index (χ3v) is 7.41. The lowest BCUT2D eigenvalue weighted by molar-refractivity contribution is 0.135. The van der Waals surface area contributed by atoms with Gasteiger partial charge in [0.05, 0.1) is 16.0 Å². The zero-order chi connectivity index (χ0) is 19.7. The first-order valence-electron chi connectivity index (χ1n) is 8.84. The molecule has 5 nitrogen and oxygen atoms in total. The number of piperidine rings is 1. The molecule has 4 rings (SSSR count). The van der Waals surface area contributed by atoms with Crippen LogP contribution in [0.1, 0.15) is 18.4 Å². The summed E-state index contributed by atoms with van der Waals surface area (Å²) in [7, 11) is -3.47. The fourth-order valence-corrected chi connectivity index (χ4v) is 5.65. The van der Waals surface area contributed by atoms with Crippen LogP contribution in [0.2, 0.25) is 0 Å². The van der Waals surface area contributed by atoms with E-state index in [2.05, 4.69) is 4.98 Å². The molecule has 148 valence electrons. The number of hydrogen-bond acceptors (Lipinski definition) is 5. The van der Waals surface area contributed by atoms with Crippen LogP contribution in [-0.4, -0.2) is 36.9 Å². The van der Waals surface area contributed by atoms with Gasteiger partial charge in [0.2, 0.25) is 10.0 Å². The minimum atomic E-state index is -3.47. The van der Waals surface area contributed by atoms with Crippen LogP contribution in [0.25, 0.3) is 10.2 Å². The van der Waals surface area contributed by atoms with Crippen molar-refractivity contribution < 1.29 is 21.9 Å². The van der Waals surface area contributed by atoms with E-state index in [0.29, 0.717) is 46.9 Å². The number of sulfonamides is 1. The molecule has 9 heteroatoms. The number of rotatable bonds is 5. The summed E-state index contributed by atoms with van der Waals surface area (Å²) in [6, 6.07) is 9.88. The highest BCUT2D eigenvalue weighted by Crippen LogP contribution is 2.30. The average molecular weight is 424 g/mol. The summed E-state index contributed by atoms with van der Waals surface area (Å²) in [5.41, 5.74) is 1.24. The van der Waals surface area contributed by atoms with Crippen molar-refractivity contribution >= 4 is 31.6 Å². The van der Waals surface area contributed by atoms with Crippen LogP contribution in [0, 0.1) is 11.6 Å². The molecule has 0 spiro atoms. The molecule has 1 fully saturated rings. The lowest BCUT2D eigenvalue weighted by atomic mass is 10.1. The first-order valence-corrected chi connectivity index (χ1v) is 11.3. The molecule has 1 aromatic heterocycles. The zero-order valence-electron chi connectivity index (χ0n) is 14.8. The van der Waals surface area contributed by atoms with Crippen LogP contribution in [0.4, 0.5) is 8.78 Å². The Morgan fingerprint density at radius 3 is 2.46 bits per heavy atom. The predicted molar refractivity (Wildman–Crippen MR) is 104 cm³/mol. The number of ether oxygens (including phenoxy) is 1. The molecule has 0 bridgehead atoms. The van der Waals surface area contributed by atoms with Crippen LogP contribution >= 0.6 is 11.3 Å². The minimum Gasteiger partial charge on any atom is -0.467 e. The van der Waals surface area contributed by atoms with Crippen molar-refractivity contribution in [2.45, 2.75) is 24.7 Å². The van der Waals surface area contributed by atoms with Crippen LogP contribution in [0.15, 0.2) is 42.5 Å². The summed E-state index contributed by atoms with van der Waals surface area (Å²) in [6.45, 7) is 0.710. The molecule has 0 saturated carbocycles. The van der Waals surface area contributed by atoms with Crippen molar-refractivity contribution in [3.8, 4) is 5.19 Å². The Morgan fingerprint density at radius 2 is 1.75 bits per heavy atom. The SMILES string of the molecule is O=S(=O)(Cc1ccc(F)cc1)N1CCC(Oc2nc3ccc(F)cc3s2)CC1. The van der Waals surface area contributed by atoms with E-state index in [4.69, 9.17) is 4.74 Å². The van der Waals surface area contributed by atoms with E-state index >= 15 is 0 Å². The third-order valence-electron chi connectivity index (χ3n) is 4.66. The smallest absolute Gasteiger partial charge is 0.274 e. The van der Waals surface area contributed by atoms with E-state index in [1.165, 1.54) is 52.0 Å². The van der Waals surface area contributed by atoms with Gasteiger partial charge in [0.15, 0.2) is 0 Å². The highest BCUT2D eigenvalue weighted by molar-refractivity contribution is 7.88. The standard InChI is InChI=1S/C19H18F2N2O3S2/c20-14-3-1-13(2-4-14)12-28(24,25)23-9-7-16(8-10-23)26-19-22-17-6-5-15(21)11-18(17)27-19/h1-6,11,16H,7-10,12H2. The molecule has 3 aromatic rings. The Balaban J connectivity index is 1.36. The summed E-state index contributed by atoms with van der Waals surface area (Å²) in [4.78, 5) is 4.35. The van der Waals surface area contributed by atoms with Crippen LogP contribution in [0.3, 0.4) is 0 Å². The fraction of sp³-hybridized carbons (Fsp3) is 0.316. The summed E-state index contributed by atoms with van der Waals surface area (Å²) in [5, 5.41) is 0.466. The van der Waals surface area contributed by atoms with E-state index in [0.717, 1.165) is 0 Å². The van der Waals surface area contributed by atoms with Gasteiger partial charge in [-0.05, 0) is 48.7 Å². The number of halogens is 2. The number of aromatic nitrogens is 1. The molecular formula is C19H18F2N2O3S2. The summed E-state index contributed by atoms with van der Waals surface area (Å²) < 4.78 is 59.5. The Morgan fingerprint density at radius 1 is 1.07 bits per heavy atom. The highest BCUT2D eigenvalue weighted by atomic mass is 32.2. The van der Waals surface area contributed by atoms with E-state index < -0.39 is 15.8 Å². The van der Waals surface area contributed by atoms with Gasteiger partial charge >= 0.3 is 0 Å². The lowest BCUT2D eigenvalue weighted by Gasteiger charge is -2.30. The Kier molecular flexibility index (Phi) is 5.31. The average Bonchev–Trinajstić information content (AvgIpc) is 3.05. The van der Waals surface area contributed by atoms with Gasteiger partial charge in [-0.15, -0.1) is 0 Å².